The van der Waals surface area contributed by atoms with Crippen molar-refractivity contribution in [2.45, 2.75) is 32.2 Å². The lowest BCUT2D eigenvalue weighted by molar-refractivity contribution is 0.174. The molecule has 0 saturated heterocycles. The van der Waals surface area contributed by atoms with Crippen LogP contribution in [0.25, 0.3) is 0 Å². The van der Waals surface area contributed by atoms with E-state index in [1.54, 1.807) is 5.57 Å². The number of ether oxygens (including phenoxy) is 2. The molecule has 1 aromatic carbocycles. The van der Waals surface area contributed by atoms with Gasteiger partial charge < -0.3 is 14.8 Å². The summed E-state index contributed by atoms with van der Waals surface area (Å²) in [7, 11) is 0. The topological polar surface area (TPSA) is 30.5 Å². The second-order valence-corrected chi connectivity index (χ2v) is 5.83. The summed E-state index contributed by atoms with van der Waals surface area (Å²) in [6.07, 6.45) is 7.45. The van der Waals surface area contributed by atoms with Crippen molar-refractivity contribution in [3.63, 3.8) is 0 Å². The summed E-state index contributed by atoms with van der Waals surface area (Å²) >= 11 is 3.58. The highest BCUT2D eigenvalue weighted by Crippen LogP contribution is 2.36. The maximum Gasteiger partial charge on any atom is 0.231 e. The average Bonchev–Trinajstić information content (AvgIpc) is 3.05. The lowest BCUT2D eigenvalue weighted by Gasteiger charge is -2.08. The van der Waals surface area contributed by atoms with Crippen LogP contribution in [-0.2, 0) is 6.54 Å². The molecule has 1 N–H and O–H groups in total. The summed E-state index contributed by atoms with van der Waals surface area (Å²) < 4.78 is 11.8. The largest absolute Gasteiger partial charge is 0.454 e. The molecule has 0 atom stereocenters. The van der Waals surface area contributed by atoms with E-state index in [0.717, 1.165) is 29.1 Å². The quantitative estimate of drug-likeness (QED) is 0.661. The second kappa shape index (κ2) is 5.97. The van der Waals surface area contributed by atoms with Gasteiger partial charge in [-0.05, 0) is 49.9 Å². The molecule has 0 spiro atoms. The monoisotopic (exact) mass is 323 g/mol. The molecule has 0 fully saturated rings. The highest BCUT2D eigenvalue weighted by atomic mass is 79.9. The van der Waals surface area contributed by atoms with E-state index in [1.165, 1.54) is 31.2 Å². The Hall–Kier alpha value is -1.00. The van der Waals surface area contributed by atoms with Gasteiger partial charge in [0.05, 0.1) is 0 Å². The van der Waals surface area contributed by atoms with Gasteiger partial charge in [0.2, 0.25) is 6.79 Å². The van der Waals surface area contributed by atoms with Crippen molar-refractivity contribution >= 4 is 15.9 Å². The zero-order valence-corrected chi connectivity index (χ0v) is 12.5. The van der Waals surface area contributed by atoms with E-state index in [9.17, 15) is 0 Å². The number of nitrogens with one attached hydrogen (secondary N) is 1. The summed E-state index contributed by atoms with van der Waals surface area (Å²) in [6, 6.07) is 4.03. The molecule has 4 heteroatoms. The van der Waals surface area contributed by atoms with Crippen LogP contribution in [0.1, 0.15) is 31.2 Å². The smallest absolute Gasteiger partial charge is 0.231 e. The first-order valence-electron chi connectivity index (χ1n) is 6.79. The van der Waals surface area contributed by atoms with Gasteiger partial charge in [0.15, 0.2) is 11.5 Å². The van der Waals surface area contributed by atoms with Gasteiger partial charge in [0.1, 0.15) is 0 Å². The number of rotatable bonds is 5. The summed E-state index contributed by atoms with van der Waals surface area (Å²) in [4.78, 5) is 0. The van der Waals surface area contributed by atoms with Crippen molar-refractivity contribution < 1.29 is 9.47 Å². The lowest BCUT2D eigenvalue weighted by atomic mass is 10.1. The third kappa shape index (κ3) is 3.12. The van der Waals surface area contributed by atoms with Crippen molar-refractivity contribution in [1.29, 1.82) is 0 Å². The number of benzene rings is 1. The molecular weight excluding hydrogens is 306 g/mol. The molecule has 1 aromatic rings. The minimum atomic E-state index is 0.326. The molecule has 3 rings (SSSR count). The molecule has 0 radical (unpaired) electrons. The van der Waals surface area contributed by atoms with Crippen LogP contribution in [0.5, 0.6) is 11.5 Å². The molecule has 102 valence electrons. The van der Waals surface area contributed by atoms with E-state index in [-0.39, 0.29) is 0 Å². The molecule has 1 aliphatic heterocycles. The van der Waals surface area contributed by atoms with Gasteiger partial charge in [0.25, 0.3) is 0 Å². The molecule has 0 saturated carbocycles. The predicted molar refractivity (Wildman–Crippen MR) is 78.5 cm³/mol. The Morgan fingerprint density at radius 1 is 1.21 bits per heavy atom. The Bertz CT molecular complexity index is 499. The van der Waals surface area contributed by atoms with E-state index in [2.05, 4.69) is 27.3 Å². The fourth-order valence-corrected chi connectivity index (χ4v) is 2.99. The molecule has 0 unspecified atom stereocenters. The number of hydrogen-bond donors (Lipinski definition) is 1. The van der Waals surface area contributed by atoms with Crippen LogP contribution < -0.4 is 14.8 Å². The number of halogens is 1. The predicted octanol–water partition coefficient (Wildman–Crippen LogP) is 3.77. The van der Waals surface area contributed by atoms with Crippen molar-refractivity contribution in [1.82, 2.24) is 5.32 Å². The van der Waals surface area contributed by atoms with Crippen LogP contribution in [-0.4, -0.2) is 13.3 Å². The van der Waals surface area contributed by atoms with Gasteiger partial charge in [-0.25, -0.2) is 0 Å². The maximum atomic E-state index is 5.40. The molecule has 0 aromatic heterocycles. The molecule has 1 aliphatic carbocycles. The van der Waals surface area contributed by atoms with E-state index >= 15 is 0 Å². The Morgan fingerprint density at radius 2 is 2.05 bits per heavy atom. The maximum absolute atomic E-state index is 5.40. The highest BCUT2D eigenvalue weighted by molar-refractivity contribution is 9.10. The zero-order chi connectivity index (χ0) is 13.1. The van der Waals surface area contributed by atoms with Crippen LogP contribution in [0.3, 0.4) is 0 Å². The summed E-state index contributed by atoms with van der Waals surface area (Å²) in [5.74, 6) is 1.67. The first-order valence-corrected chi connectivity index (χ1v) is 7.59. The molecule has 0 bridgehead atoms. The first kappa shape index (κ1) is 13.0. The molecule has 1 heterocycles. The van der Waals surface area contributed by atoms with Gasteiger partial charge in [0, 0.05) is 11.0 Å². The third-order valence-electron chi connectivity index (χ3n) is 3.61. The molecular formula is C15H18BrNO2. The van der Waals surface area contributed by atoms with Crippen molar-refractivity contribution in [2.24, 2.45) is 0 Å². The Kier molecular flexibility index (Phi) is 4.09. The van der Waals surface area contributed by atoms with Crippen LogP contribution in [0, 0.1) is 0 Å². The summed E-state index contributed by atoms with van der Waals surface area (Å²) in [5, 5.41) is 3.49. The first-order chi connectivity index (χ1) is 9.33. The number of allylic oxidation sites excluding steroid dienone is 1. The van der Waals surface area contributed by atoms with Crippen LogP contribution in [0.2, 0.25) is 0 Å². The van der Waals surface area contributed by atoms with E-state index in [4.69, 9.17) is 9.47 Å². The second-order valence-electron chi connectivity index (χ2n) is 4.98. The third-order valence-corrected chi connectivity index (χ3v) is 4.35. The van der Waals surface area contributed by atoms with Crippen molar-refractivity contribution in [3.05, 3.63) is 33.8 Å². The zero-order valence-electron chi connectivity index (χ0n) is 10.9. The van der Waals surface area contributed by atoms with E-state index < -0.39 is 0 Å². The Morgan fingerprint density at radius 3 is 2.84 bits per heavy atom. The Labute approximate surface area is 122 Å². The molecule has 3 nitrogen and oxygen atoms in total. The van der Waals surface area contributed by atoms with Crippen molar-refractivity contribution in [3.8, 4) is 11.5 Å². The van der Waals surface area contributed by atoms with Gasteiger partial charge in [-0.3, -0.25) is 0 Å². The van der Waals surface area contributed by atoms with E-state index in [1.807, 2.05) is 12.1 Å². The Balaban J connectivity index is 1.52. The van der Waals surface area contributed by atoms with Gasteiger partial charge in [-0.1, -0.05) is 27.6 Å². The molecule has 19 heavy (non-hydrogen) atoms. The lowest BCUT2D eigenvalue weighted by Crippen LogP contribution is -2.15. The molecule has 2 aliphatic rings. The van der Waals surface area contributed by atoms with Gasteiger partial charge >= 0.3 is 0 Å². The SMILES string of the molecule is Brc1cc2c(cc1CNCCC1=CCCC1)OCO2. The van der Waals surface area contributed by atoms with Crippen LogP contribution in [0.15, 0.2) is 28.3 Å². The highest BCUT2D eigenvalue weighted by Gasteiger charge is 2.16. The normalized spacial score (nSPS) is 16.8. The van der Waals surface area contributed by atoms with Crippen molar-refractivity contribution in [2.75, 3.05) is 13.3 Å². The minimum Gasteiger partial charge on any atom is -0.454 e. The minimum absolute atomic E-state index is 0.326. The summed E-state index contributed by atoms with van der Waals surface area (Å²) in [5.41, 5.74) is 2.82. The van der Waals surface area contributed by atoms with Crippen LogP contribution >= 0.6 is 15.9 Å². The number of fused-ring (bicyclic) bond motifs is 1. The number of hydrogen-bond acceptors (Lipinski definition) is 3. The molecule has 0 amide bonds. The van der Waals surface area contributed by atoms with Crippen LogP contribution in [0.4, 0.5) is 0 Å². The fraction of sp³-hybridized carbons (Fsp3) is 0.467. The van der Waals surface area contributed by atoms with Gasteiger partial charge in [-0.15, -0.1) is 0 Å². The van der Waals surface area contributed by atoms with E-state index in [0.29, 0.717) is 6.79 Å². The van der Waals surface area contributed by atoms with Gasteiger partial charge in [-0.2, -0.15) is 0 Å². The summed E-state index contributed by atoms with van der Waals surface area (Å²) in [6.45, 7) is 2.21. The average molecular weight is 324 g/mol. The standard InChI is InChI=1S/C15H18BrNO2/c16-13-8-15-14(18-10-19-15)7-12(13)9-17-6-5-11-3-1-2-4-11/h3,7-8,17H,1-2,4-6,9-10H2. The fourth-order valence-electron chi connectivity index (χ4n) is 2.53.